The number of hydrogen-bond donors (Lipinski definition) is 1. The summed E-state index contributed by atoms with van der Waals surface area (Å²) in [5, 5.41) is 4.61. The van der Waals surface area contributed by atoms with Gasteiger partial charge in [0, 0.05) is 10.6 Å². The van der Waals surface area contributed by atoms with Crippen LogP contribution in [0, 0.1) is 0 Å². The van der Waals surface area contributed by atoms with E-state index in [2.05, 4.69) is 10.5 Å². The lowest BCUT2D eigenvalue weighted by molar-refractivity contribution is -0.110. The lowest BCUT2D eigenvalue weighted by Crippen LogP contribution is -2.38. The van der Waals surface area contributed by atoms with Gasteiger partial charge in [-0.2, -0.15) is 0 Å². The molecule has 78 valence electrons. The molecule has 0 fully saturated rings. The number of carbonyl (C=O) groups is 1. The first-order chi connectivity index (χ1) is 7.29. The molecule has 0 spiro atoms. The van der Waals surface area contributed by atoms with Gasteiger partial charge >= 0.3 is 0 Å². The van der Waals surface area contributed by atoms with E-state index in [0.29, 0.717) is 17.5 Å². The Labute approximate surface area is 91.9 Å². The van der Waals surface area contributed by atoms with E-state index in [-0.39, 0.29) is 6.04 Å². The highest BCUT2D eigenvalue weighted by Gasteiger charge is 2.16. The minimum atomic E-state index is -0.360. The van der Waals surface area contributed by atoms with Crippen molar-refractivity contribution in [2.75, 3.05) is 6.61 Å². The van der Waals surface area contributed by atoms with Gasteiger partial charge in [-0.05, 0) is 24.3 Å². The minimum Gasteiger partial charge on any atom is -0.474 e. The number of ether oxygens (including phenoxy) is 1. The van der Waals surface area contributed by atoms with Gasteiger partial charge < -0.3 is 9.53 Å². The molecule has 0 aromatic heterocycles. The molecule has 1 heterocycles. The Kier molecular flexibility index (Phi) is 2.87. The highest BCUT2D eigenvalue weighted by Crippen LogP contribution is 2.12. The summed E-state index contributed by atoms with van der Waals surface area (Å²) in [5.74, 6) is 0.477. The van der Waals surface area contributed by atoms with Crippen LogP contribution < -0.4 is 5.43 Å². The van der Waals surface area contributed by atoms with Crippen molar-refractivity contribution in [3.63, 3.8) is 0 Å². The Morgan fingerprint density at radius 1 is 1.47 bits per heavy atom. The topological polar surface area (TPSA) is 50.7 Å². The van der Waals surface area contributed by atoms with Crippen LogP contribution in [0.2, 0.25) is 5.02 Å². The number of aldehydes is 1. The lowest BCUT2D eigenvalue weighted by Gasteiger charge is -2.19. The van der Waals surface area contributed by atoms with E-state index in [1.54, 1.807) is 12.1 Å². The molecule has 4 nitrogen and oxygen atoms in total. The lowest BCUT2D eigenvalue weighted by atomic mass is 10.2. The first-order valence-electron chi connectivity index (χ1n) is 4.47. The predicted molar refractivity (Wildman–Crippen MR) is 56.9 cm³/mol. The van der Waals surface area contributed by atoms with E-state index < -0.39 is 0 Å². The second-order valence-electron chi connectivity index (χ2n) is 3.11. The van der Waals surface area contributed by atoms with E-state index in [1.807, 2.05) is 12.1 Å². The molecule has 5 heteroatoms. The van der Waals surface area contributed by atoms with Crippen LogP contribution in [0.4, 0.5) is 0 Å². The van der Waals surface area contributed by atoms with Gasteiger partial charge in [0.1, 0.15) is 18.9 Å². The molecular formula is C10H9ClN2O2. The quantitative estimate of drug-likeness (QED) is 0.768. The van der Waals surface area contributed by atoms with Gasteiger partial charge in [0.15, 0.2) is 0 Å². The van der Waals surface area contributed by atoms with Crippen molar-refractivity contribution in [3.05, 3.63) is 34.9 Å². The third kappa shape index (κ3) is 2.27. The fraction of sp³-hybridized carbons (Fsp3) is 0.200. The molecule has 1 aliphatic heterocycles. The van der Waals surface area contributed by atoms with Gasteiger partial charge in [-0.15, -0.1) is 5.10 Å². The summed E-state index contributed by atoms with van der Waals surface area (Å²) in [6, 6.07) is 6.78. The van der Waals surface area contributed by atoms with Crippen molar-refractivity contribution in [2.24, 2.45) is 5.10 Å². The number of benzene rings is 1. The smallest absolute Gasteiger partial charge is 0.238 e. The molecule has 1 aromatic rings. The number of carbonyl (C=O) groups excluding carboxylic acids is 1. The van der Waals surface area contributed by atoms with E-state index >= 15 is 0 Å². The molecule has 0 radical (unpaired) electrons. The van der Waals surface area contributed by atoms with Gasteiger partial charge in [0.25, 0.3) is 0 Å². The molecule has 1 aliphatic rings. The Hall–Kier alpha value is -1.55. The second-order valence-corrected chi connectivity index (χ2v) is 3.54. The van der Waals surface area contributed by atoms with E-state index in [1.165, 1.54) is 0 Å². The number of rotatable bonds is 2. The van der Waals surface area contributed by atoms with Crippen molar-refractivity contribution < 1.29 is 9.53 Å². The highest BCUT2D eigenvalue weighted by atomic mass is 35.5. The Morgan fingerprint density at radius 3 is 2.73 bits per heavy atom. The first-order valence-corrected chi connectivity index (χ1v) is 4.84. The summed E-state index contributed by atoms with van der Waals surface area (Å²) in [5.41, 5.74) is 3.52. The van der Waals surface area contributed by atoms with E-state index in [0.717, 1.165) is 11.8 Å². The maximum Gasteiger partial charge on any atom is 0.238 e. The first kappa shape index (κ1) is 9.98. The van der Waals surface area contributed by atoms with Crippen LogP contribution in [0.1, 0.15) is 5.56 Å². The molecule has 1 atom stereocenters. The van der Waals surface area contributed by atoms with Crippen molar-refractivity contribution in [1.29, 1.82) is 0 Å². The van der Waals surface area contributed by atoms with Crippen LogP contribution in [0.25, 0.3) is 0 Å². The van der Waals surface area contributed by atoms with Crippen LogP contribution in [-0.4, -0.2) is 24.8 Å². The number of hydrazone groups is 1. The number of hydrogen-bond acceptors (Lipinski definition) is 4. The van der Waals surface area contributed by atoms with Crippen molar-refractivity contribution in [1.82, 2.24) is 5.43 Å². The van der Waals surface area contributed by atoms with Crippen molar-refractivity contribution in [2.45, 2.75) is 6.04 Å². The van der Waals surface area contributed by atoms with Gasteiger partial charge in [-0.1, -0.05) is 11.6 Å². The molecule has 15 heavy (non-hydrogen) atoms. The maximum atomic E-state index is 10.4. The van der Waals surface area contributed by atoms with Gasteiger partial charge in [0.05, 0.1) is 0 Å². The number of nitrogens with one attached hydrogen (secondary N) is 1. The Bertz CT molecular complexity index is 389. The summed E-state index contributed by atoms with van der Waals surface area (Å²) >= 11 is 5.75. The van der Waals surface area contributed by atoms with Gasteiger partial charge in [-0.25, -0.2) is 0 Å². The maximum absolute atomic E-state index is 10.4. The average Bonchev–Trinajstić information content (AvgIpc) is 2.30. The molecule has 1 aromatic carbocycles. The number of nitrogens with zero attached hydrogens (tertiary/aromatic N) is 1. The molecule has 0 saturated carbocycles. The number of halogens is 1. The summed E-state index contributed by atoms with van der Waals surface area (Å²) in [4.78, 5) is 10.4. The molecule has 1 N–H and O–H groups in total. The molecule has 0 saturated heterocycles. The zero-order valence-corrected chi connectivity index (χ0v) is 8.57. The monoisotopic (exact) mass is 224 g/mol. The van der Waals surface area contributed by atoms with E-state index in [9.17, 15) is 4.79 Å². The summed E-state index contributed by atoms with van der Waals surface area (Å²) in [6.45, 7) is 0.297. The summed E-state index contributed by atoms with van der Waals surface area (Å²) in [6.07, 6.45) is 0.766. The van der Waals surface area contributed by atoms with Crippen LogP contribution >= 0.6 is 11.6 Å². The third-order valence-electron chi connectivity index (χ3n) is 1.99. The zero-order valence-electron chi connectivity index (χ0n) is 7.81. The molecule has 0 bridgehead atoms. The van der Waals surface area contributed by atoms with Crippen LogP contribution in [0.3, 0.4) is 0 Å². The fourth-order valence-corrected chi connectivity index (χ4v) is 1.32. The summed E-state index contributed by atoms with van der Waals surface area (Å²) in [7, 11) is 0. The Morgan fingerprint density at radius 2 is 2.20 bits per heavy atom. The van der Waals surface area contributed by atoms with Gasteiger partial charge in [0.2, 0.25) is 5.90 Å². The summed E-state index contributed by atoms with van der Waals surface area (Å²) < 4.78 is 5.32. The normalized spacial score (nSPS) is 19.8. The molecule has 1 unspecified atom stereocenters. The molecule has 0 amide bonds. The second kappa shape index (κ2) is 4.31. The van der Waals surface area contributed by atoms with E-state index in [4.69, 9.17) is 16.3 Å². The van der Waals surface area contributed by atoms with Crippen molar-refractivity contribution in [3.8, 4) is 0 Å². The zero-order chi connectivity index (χ0) is 10.7. The minimum absolute atomic E-state index is 0.297. The van der Waals surface area contributed by atoms with Crippen LogP contribution in [-0.2, 0) is 9.53 Å². The van der Waals surface area contributed by atoms with Gasteiger partial charge in [-0.3, -0.25) is 5.43 Å². The molecule has 0 aliphatic carbocycles. The predicted octanol–water partition coefficient (Wildman–Crippen LogP) is 1.19. The Balaban J connectivity index is 2.15. The van der Waals surface area contributed by atoms with Crippen LogP contribution in [0.15, 0.2) is 29.4 Å². The fourth-order valence-electron chi connectivity index (χ4n) is 1.19. The molecular weight excluding hydrogens is 216 g/mol. The largest absolute Gasteiger partial charge is 0.474 e. The third-order valence-corrected chi connectivity index (χ3v) is 2.24. The van der Waals surface area contributed by atoms with Crippen molar-refractivity contribution >= 4 is 23.8 Å². The highest BCUT2D eigenvalue weighted by molar-refractivity contribution is 6.30. The van der Waals surface area contributed by atoms with Crippen LogP contribution in [0.5, 0.6) is 0 Å². The molecule has 2 rings (SSSR count). The SMILES string of the molecule is O=CC1COC(c2ccc(Cl)cc2)=NN1. The standard InChI is InChI=1S/C10H9ClN2O2/c11-8-3-1-7(2-4-8)10-13-12-9(5-14)6-15-10/h1-5,9,12H,6H2. The average molecular weight is 225 g/mol.